The van der Waals surface area contributed by atoms with Gasteiger partial charge in [0, 0.05) is 6.54 Å². The fraction of sp³-hybridized carbons (Fsp3) is 0.538. The predicted octanol–water partition coefficient (Wildman–Crippen LogP) is 2.41. The molecule has 18 heavy (non-hydrogen) atoms. The molecule has 2 aromatic rings. The molecule has 0 amide bonds. The number of aromatic nitrogens is 4. The van der Waals surface area contributed by atoms with E-state index in [0.29, 0.717) is 17.5 Å². The van der Waals surface area contributed by atoms with Crippen molar-refractivity contribution in [3.63, 3.8) is 0 Å². The Morgan fingerprint density at radius 3 is 2.22 bits per heavy atom. The molecule has 5 nitrogen and oxygen atoms in total. The van der Waals surface area contributed by atoms with E-state index < -0.39 is 0 Å². The Morgan fingerprint density at radius 2 is 1.56 bits per heavy atom. The van der Waals surface area contributed by atoms with Gasteiger partial charge in [0.1, 0.15) is 5.52 Å². The predicted molar refractivity (Wildman–Crippen MR) is 72.7 cm³/mol. The summed E-state index contributed by atoms with van der Waals surface area (Å²) in [6, 6.07) is 0. The van der Waals surface area contributed by atoms with Crippen molar-refractivity contribution in [2.24, 2.45) is 5.92 Å². The first kappa shape index (κ1) is 12.7. The number of aryl methyl sites for hydroxylation is 3. The van der Waals surface area contributed by atoms with Crippen LogP contribution in [0.2, 0.25) is 0 Å². The summed E-state index contributed by atoms with van der Waals surface area (Å²) < 4.78 is 0. The summed E-state index contributed by atoms with van der Waals surface area (Å²) in [5, 5.41) is 3.22. The molecule has 0 radical (unpaired) electrons. The monoisotopic (exact) mass is 245 g/mol. The minimum Gasteiger partial charge on any atom is -0.354 e. The van der Waals surface area contributed by atoms with Crippen LogP contribution in [0.1, 0.15) is 30.9 Å². The number of rotatable bonds is 3. The van der Waals surface area contributed by atoms with E-state index in [1.807, 2.05) is 20.8 Å². The molecular formula is C13H19N5. The van der Waals surface area contributed by atoms with Gasteiger partial charge in [-0.25, -0.2) is 15.0 Å². The molecule has 0 atom stereocenters. The standard InChI is InChI=1S/C13H19N5/c1-7(2)6-14-13-17-10(5)11-12(18-13)16-9(4)8(3)15-11/h7H,6H2,1-5H3,(H,14,16,17,18). The number of fused-ring (bicyclic) bond motifs is 1. The highest BCUT2D eigenvalue weighted by atomic mass is 15.1. The summed E-state index contributed by atoms with van der Waals surface area (Å²) in [5.74, 6) is 1.18. The lowest BCUT2D eigenvalue weighted by Crippen LogP contribution is -2.12. The van der Waals surface area contributed by atoms with Crippen LogP contribution in [0.5, 0.6) is 0 Å². The summed E-state index contributed by atoms with van der Waals surface area (Å²) in [4.78, 5) is 17.8. The molecule has 0 unspecified atom stereocenters. The van der Waals surface area contributed by atoms with E-state index in [1.165, 1.54) is 0 Å². The van der Waals surface area contributed by atoms with Gasteiger partial charge in [0.15, 0.2) is 5.65 Å². The first-order valence-electron chi connectivity index (χ1n) is 6.21. The van der Waals surface area contributed by atoms with E-state index in [9.17, 15) is 0 Å². The second-order valence-corrected chi connectivity index (χ2v) is 4.97. The van der Waals surface area contributed by atoms with Crippen LogP contribution in [0, 0.1) is 26.7 Å². The lowest BCUT2D eigenvalue weighted by Gasteiger charge is -2.09. The Hall–Kier alpha value is -1.78. The number of hydrogen-bond acceptors (Lipinski definition) is 5. The van der Waals surface area contributed by atoms with E-state index in [0.717, 1.165) is 29.1 Å². The van der Waals surface area contributed by atoms with Gasteiger partial charge in [0.2, 0.25) is 5.95 Å². The number of anilines is 1. The molecule has 0 bridgehead atoms. The van der Waals surface area contributed by atoms with Gasteiger partial charge in [-0.1, -0.05) is 13.8 Å². The Morgan fingerprint density at radius 1 is 0.889 bits per heavy atom. The van der Waals surface area contributed by atoms with E-state index in [4.69, 9.17) is 0 Å². The summed E-state index contributed by atoms with van der Waals surface area (Å²) >= 11 is 0. The maximum atomic E-state index is 4.50. The Kier molecular flexibility index (Phi) is 3.41. The lowest BCUT2D eigenvalue weighted by atomic mass is 10.2. The van der Waals surface area contributed by atoms with Gasteiger partial charge in [0.25, 0.3) is 0 Å². The summed E-state index contributed by atoms with van der Waals surface area (Å²) in [5.41, 5.74) is 4.15. The average Bonchev–Trinajstić information content (AvgIpc) is 2.29. The van der Waals surface area contributed by atoms with Gasteiger partial charge in [-0.15, -0.1) is 0 Å². The van der Waals surface area contributed by atoms with Crippen molar-refractivity contribution in [3.8, 4) is 0 Å². The first-order valence-corrected chi connectivity index (χ1v) is 6.21. The van der Waals surface area contributed by atoms with Crippen LogP contribution in [0.15, 0.2) is 0 Å². The van der Waals surface area contributed by atoms with Crippen LogP contribution in [-0.2, 0) is 0 Å². The second kappa shape index (κ2) is 4.84. The molecule has 0 aromatic carbocycles. The van der Waals surface area contributed by atoms with Gasteiger partial charge in [-0.05, 0) is 26.7 Å². The zero-order valence-corrected chi connectivity index (χ0v) is 11.6. The third-order valence-corrected chi connectivity index (χ3v) is 2.79. The van der Waals surface area contributed by atoms with Crippen molar-refractivity contribution >= 4 is 17.1 Å². The van der Waals surface area contributed by atoms with Crippen LogP contribution in [0.4, 0.5) is 5.95 Å². The highest BCUT2D eigenvalue weighted by Gasteiger charge is 2.09. The third-order valence-electron chi connectivity index (χ3n) is 2.79. The SMILES string of the molecule is Cc1nc2nc(NCC(C)C)nc(C)c2nc1C. The molecular weight excluding hydrogens is 226 g/mol. The van der Waals surface area contributed by atoms with Crippen molar-refractivity contribution in [2.45, 2.75) is 34.6 Å². The maximum Gasteiger partial charge on any atom is 0.225 e. The molecule has 2 heterocycles. The molecule has 0 saturated carbocycles. The van der Waals surface area contributed by atoms with Crippen molar-refractivity contribution in [2.75, 3.05) is 11.9 Å². The fourth-order valence-electron chi connectivity index (χ4n) is 1.62. The molecule has 5 heteroatoms. The minimum absolute atomic E-state index is 0.551. The van der Waals surface area contributed by atoms with E-state index in [-0.39, 0.29) is 0 Å². The average molecular weight is 245 g/mol. The quantitative estimate of drug-likeness (QED) is 0.899. The molecule has 1 N–H and O–H groups in total. The molecule has 2 rings (SSSR count). The second-order valence-electron chi connectivity index (χ2n) is 4.97. The van der Waals surface area contributed by atoms with Crippen molar-refractivity contribution < 1.29 is 0 Å². The van der Waals surface area contributed by atoms with Gasteiger partial charge in [0.05, 0.1) is 17.1 Å². The summed E-state index contributed by atoms with van der Waals surface area (Å²) in [6.45, 7) is 11.0. The molecule has 0 aliphatic heterocycles. The van der Waals surface area contributed by atoms with Crippen LogP contribution in [-0.4, -0.2) is 26.5 Å². The Bertz CT molecular complexity index is 577. The third kappa shape index (κ3) is 2.55. The molecule has 0 saturated heterocycles. The Balaban J connectivity index is 2.45. The largest absolute Gasteiger partial charge is 0.354 e. The van der Waals surface area contributed by atoms with Gasteiger partial charge < -0.3 is 5.32 Å². The van der Waals surface area contributed by atoms with E-state index >= 15 is 0 Å². The van der Waals surface area contributed by atoms with Crippen LogP contribution in [0.3, 0.4) is 0 Å². The number of hydrogen-bond donors (Lipinski definition) is 1. The topological polar surface area (TPSA) is 63.6 Å². The molecule has 0 spiro atoms. The highest BCUT2D eigenvalue weighted by Crippen LogP contribution is 2.15. The Labute approximate surface area is 107 Å². The van der Waals surface area contributed by atoms with Gasteiger partial charge in [-0.3, -0.25) is 0 Å². The molecule has 2 aromatic heterocycles. The van der Waals surface area contributed by atoms with Gasteiger partial charge in [-0.2, -0.15) is 4.98 Å². The smallest absolute Gasteiger partial charge is 0.225 e. The molecule has 0 aliphatic rings. The van der Waals surface area contributed by atoms with E-state index in [1.54, 1.807) is 0 Å². The lowest BCUT2D eigenvalue weighted by molar-refractivity contribution is 0.684. The molecule has 96 valence electrons. The molecule has 0 fully saturated rings. The fourth-order valence-corrected chi connectivity index (χ4v) is 1.62. The van der Waals surface area contributed by atoms with Crippen LogP contribution in [0.25, 0.3) is 11.2 Å². The van der Waals surface area contributed by atoms with Crippen molar-refractivity contribution in [1.29, 1.82) is 0 Å². The normalized spacial score (nSPS) is 11.2. The molecule has 0 aliphatic carbocycles. The minimum atomic E-state index is 0.551. The zero-order valence-electron chi connectivity index (χ0n) is 11.6. The zero-order chi connectivity index (χ0) is 13.3. The number of nitrogens with one attached hydrogen (secondary N) is 1. The maximum absolute atomic E-state index is 4.50. The van der Waals surface area contributed by atoms with Gasteiger partial charge >= 0.3 is 0 Å². The number of nitrogens with zero attached hydrogens (tertiary/aromatic N) is 4. The highest BCUT2D eigenvalue weighted by molar-refractivity contribution is 5.73. The van der Waals surface area contributed by atoms with Crippen molar-refractivity contribution in [3.05, 3.63) is 17.1 Å². The van der Waals surface area contributed by atoms with Crippen molar-refractivity contribution in [1.82, 2.24) is 19.9 Å². The first-order chi connectivity index (χ1) is 8.47. The van der Waals surface area contributed by atoms with E-state index in [2.05, 4.69) is 39.1 Å². The summed E-state index contributed by atoms with van der Waals surface area (Å²) in [7, 11) is 0. The summed E-state index contributed by atoms with van der Waals surface area (Å²) in [6.07, 6.45) is 0. The van der Waals surface area contributed by atoms with Crippen LogP contribution < -0.4 is 5.32 Å². The van der Waals surface area contributed by atoms with Crippen LogP contribution >= 0.6 is 0 Å².